The fraction of sp³-hybridized carbons (Fsp3) is 0.0741. The van der Waals surface area contributed by atoms with E-state index in [-0.39, 0.29) is 23.7 Å². The molecular formula is C27H20ClN3O4. The largest absolute Gasteiger partial charge is 0.485 e. The molecule has 2 aromatic heterocycles. The monoisotopic (exact) mass is 485 g/mol. The number of fused-ring (bicyclic) bond motifs is 2. The number of aromatic amines is 1. The normalized spacial score (nSPS) is 11.0. The van der Waals surface area contributed by atoms with Crippen molar-refractivity contribution >= 4 is 45.0 Å². The Labute approximate surface area is 205 Å². The van der Waals surface area contributed by atoms with E-state index in [4.69, 9.17) is 26.8 Å². The van der Waals surface area contributed by atoms with Gasteiger partial charge in [-0.05, 0) is 66.2 Å². The Morgan fingerprint density at radius 1 is 1.00 bits per heavy atom. The first kappa shape index (κ1) is 22.4. The molecular weight excluding hydrogens is 466 g/mol. The Bertz CT molecular complexity index is 1610. The lowest BCUT2D eigenvalue weighted by molar-refractivity contribution is 0.0914. The molecule has 2 heterocycles. The van der Waals surface area contributed by atoms with E-state index in [0.717, 1.165) is 27.4 Å². The minimum atomic E-state index is -0.655. The van der Waals surface area contributed by atoms with Gasteiger partial charge in [-0.15, -0.1) is 0 Å². The van der Waals surface area contributed by atoms with Crippen LogP contribution >= 0.6 is 11.6 Å². The van der Waals surface area contributed by atoms with Crippen LogP contribution in [0, 0.1) is 6.92 Å². The number of carbonyl (C=O) groups is 2. The van der Waals surface area contributed by atoms with Crippen molar-refractivity contribution < 1.29 is 19.1 Å². The molecule has 3 aromatic carbocycles. The highest BCUT2D eigenvalue weighted by atomic mass is 35.5. The zero-order valence-corrected chi connectivity index (χ0v) is 19.4. The van der Waals surface area contributed by atoms with Crippen LogP contribution in [0.4, 0.5) is 0 Å². The molecule has 0 saturated carbocycles. The molecule has 1 amide bonds. The first-order valence-corrected chi connectivity index (χ1v) is 11.2. The summed E-state index contributed by atoms with van der Waals surface area (Å²) in [5, 5.41) is 2.84. The number of Topliss-reactive ketones (excluding diaryl/α,β-unsaturated/α-hetero) is 1. The molecule has 35 heavy (non-hydrogen) atoms. The van der Waals surface area contributed by atoms with Crippen molar-refractivity contribution in [1.29, 1.82) is 0 Å². The SMILES string of the molecule is Cc1ncccc1Oc1ccc2c(C(=O)COc3cc4ccc(Cl)cc4cc3C(N)=O)c[nH]c2c1. The van der Waals surface area contributed by atoms with Gasteiger partial charge in [0.15, 0.2) is 6.61 Å². The maximum Gasteiger partial charge on any atom is 0.252 e. The Kier molecular flexibility index (Phi) is 5.84. The predicted molar refractivity (Wildman–Crippen MR) is 135 cm³/mol. The second kappa shape index (κ2) is 9.12. The van der Waals surface area contributed by atoms with E-state index in [1.807, 2.05) is 31.2 Å². The van der Waals surface area contributed by atoms with Gasteiger partial charge in [0, 0.05) is 39.9 Å². The molecule has 0 unspecified atom stereocenters. The fourth-order valence-corrected chi connectivity index (χ4v) is 4.07. The summed E-state index contributed by atoms with van der Waals surface area (Å²) in [5.41, 5.74) is 7.71. The lowest BCUT2D eigenvalue weighted by Gasteiger charge is -2.11. The molecule has 0 aliphatic carbocycles. The van der Waals surface area contributed by atoms with Crippen molar-refractivity contribution in [3.63, 3.8) is 0 Å². The number of nitrogens with one attached hydrogen (secondary N) is 1. The van der Waals surface area contributed by atoms with Gasteiger partial charge in [-0.25, -0.2) is 0 Å². The number of hydrogen-bond acceptors (Lipinski definition) is 5. The quantitative estimate of drug-likeness (QED) is 0.282. The molecule has 0 saturated heterocycles. The zero-order valence-electron chi connectivity index (χ0n) is 18.7. The minimum Gasteiger partial charge on any atom is -0.485 e. The average Bonchev–Trinajstić information content (AvgIpc) is 3.27. The van der Waals surface area contributed by atoms with Crippen LogP contribution in [0.1, 0.15) is 26.4 Å². The number of halogens is 1. The number of H-pyrrole nitrogens is 1. The molecule has 0 spiro atoms. The summed E-state index contributed by atoms with van der Waals surface area (Å²) >= 11 is 6.05. The Hall–Kier alpha value is -4.36. The second-order valence-corrected chi connectivity index (χ2v) is 8.45. The Morgan fingerprint density at radius 2 is 1.86 bits per heavy atom. The number of ether oxygens (including phenoxy) is 2. The topological polar surface area (TPSA) is 107 Å². The zero-order chi connectivity index (χ0) is 24.5. The molecule has 174 valence electrons. The molecule has 7 nitrogen and oxygen atoms in total. The molecule has 0 bridgehead atoms. The third-order valence-electron chi connectivity index (χ3n) is 5.66. The summed E-state index contributed by atoms with van der Waals surface area (Å²) < 4.78 is 11.7. The summed E-state index contributed by atoms with van der Waals surface area (Å²) in [6.07, 6.45) is 3.34. The van der Waals surface area contributed by atoms with Gasteiger partial charge in [-0.3, -0.25) is 14.6 Å². The number of benzene rings is 3. The fourth-order valence-electron chi connectivity index (χ4n) is 3.88. The van der Waals surface area contributed by atoms with Gasteiger partial charge in [0.05, 0.1) is 11.3 Å². The lowest BCUT2D eigenvalue weighted by atomic mass is 10.1. The Balaban J connectivity index is 1.37. The molecule has 0 aliphatic rings. The number of rotatable bonds is 7. The first-order valence-electron chi connectivity index (χ1n) is 10.8. The number of carbonyl (C=O) groups excluding carboxylic acids is 2. The van der Waals surface area contributed by atoms with Gasteiger partial charge in [-0.1, -0.05) is 17.7 Å². The molecule has 0 radical (unpaired) electrons. The van der Waals surface area contributed by atoms with Crippen LogP contribution in [-0.2, 0) is 0 Å². The Morgan fingerprint density at radius 3 is 2.66 bits per heavy atom. The molecule has 0 atom stereocenters. The smallest absolute Gasteiger partial charge is 0.252 e. The standard InChI is InChI=1S/C27H20ClN3O4/c1-15-25(3-2-8-30-15)35-19-6-7-20-22(13-31-23(20)12-19)24(32)14-34-26-11-16-4-5-18(28)9-17(16)10-21(26)27(29)33/h2-13,31H,14H2,1H3,(H2,29,33). The van der Waals surface area contributed by atoms with Crippen LogP contribution in [0.25, 0.3) is 21.7 Å². The highest BCUT2D eigenvalue weighted by molar-refractivity contribution is 6.31. The third kappa shape index (κ3) is 4.54. The second-order valence-electron chi connectivity index (χ2n) is 8.01. The van der Waals surface area contributed by atoms with Crippen LogP contribution in [0.2, 0.25) is 5.02 Å². The number of primary amides is 1. The number of amides is 1. The highest BCUT2D eigenvalue weighted by Gasteiger charge is 2.17. The molecule has 8 heteroatoms. The number of aryl methyl sites for hydroxylation is 1. The molecule has 5 aromatic rings. The number of nitrogens with two attached hydrogens (primary N) is 1. The maximum atomic E-state index is 13.0. The summed E-state index contributed by atoms with van der Waals surface area (Å²) in [7, 11) is 0. The van der Waals surface area contributed by atoms with Crippen molar-refractivity contribution in [2.45, 2.75) is 6.92 Å². The van der Waals surface area contributed by atoms with Gasteiger partial charge in [-0.2, -0.15) is 0 Å². The van der Waals surface area contributed by atoms with E-state index >= 15 is 0 Å². The molecule has 3 N–H and O–H groups in total. The minimum absolute atomic E-state index is 0.180. The van der Waals surface area contributed by atoms with Crippen LogP contribution < -0.4 is 15.2 Å². The highest BCUT2D eigenvalue weighted by Crippen LogP contribution is 2.30. The van der Waals surface area contributed by atoms with Gasteiger partial charge < -0.3 is 20.2 Å². The number of pyridine rings is 1. The van der Waals surface area contributed by atoms with E-state index in [0.29, 0.717) is 22.1 Å². The van der Waals surface area contributed by atoms with Crippen LogP contribution in [0.5, 0.6) is 17.2 Å². The van der Waals surface area contributed by atoms with Crippen molar-refractivity contribution in [2.75, 3.05) is 6.61 Å². The van der Waals surface area contributed by atoms with Crippen LogP contribution in [-0.4, -0.2) is 28.3 Å². The van der Waals surface area contributed by atoms with Crippen molar-refractivity contribution in [2.24, 2.45) is 5.73 Å². The van der Waals surface area contributed by atoms with Gasteiger partial charge in [0.25, 0.3) is 5.91 Å². The number of ketones is 1. The van der Waals surface area contributed by atoms with Crippen molar-refractivity contribution in [3.05, 3.63) is 94.9 Å². The van der Waals surface area contributed by atoms with E-state index < -0.39 is 5.91 Å². The lowest BCUT2D eigenvalue weighted by Crippen LogP contribution is -2.16. The van der Waals surface area contributed by atoms with Crippen LogP contribution in [0.3, 0.4) is 0 Å². The average molecular weight is 486 g/mol. The first-order chi connectivity index (χ1) is 16.9. The van der Waals surface area contributed by atoms with Gasteiger partial charge in [0.1, 0.15) is 17.2 Å². The van der Waals surface area contributed by atoms with Crippen molar-refractivity contribution in [1.82, 2.24) is 9.97 Å². The van der Waals surface area contributed by atoms with Crippen molar-refractivity contribution in [3.8, 4) is 17.2 Å². The number of aromatic nitrogens is 2. The summed E-state index contributed by atoms with van der Waals surface area (Å²) in [6.45, 7) is 1.60. The van der Waals surface area contributed by atoms with Gasteiger partial charge >= 0.3 is 0 Å². The number of nitrogens with zero attached hydrogens (tertiary/aromatic N) is 1. The van der Waals surface area contributed by atoms with E-state index in [1.165, 1.54) is 0 Å². The molecule has 5 rings (SSSR count). The van der Waals surface area contributed by atoms with Crippen LogP contribution in [0.15, 0.2) is 73.1 Å². The maximum absolute atomic E-state index is 13.0. The molecule has 0 aliphatic heterocycles. The summed E-state index contributed by atoms with van der Waals surface area (Å²) in [6, 6.07) is 17.6. The summed E-state index contributed by atoms with van der Waals surface area (Å²) in [4.78, 5) is 32.3. The third-order valence-corrected chi connectivity index (χ3v) is 5.90. The summed E-state index contributed by atoms with van der Waals surface area (Å²) in [5.74, 6) is 0.611. The van der Waals surface area contributed by atoms with Gasteiger partial charge in [0.2, 0.25) is 5.78 Å². The van der Waals surface area contributed by atoms with E-state index in [1.54, 1.807) is 48.8 Å². The predicted octanol–water partition coefficient (Wildman–Crippen LogP) is 5.83. The van der Waals surface area contributed by atoms with E-state index in [9.17, 15) is 9.59 Å². The number of hydrogen-bond donors (Lipinski definition) is 2. The van der Waals surface area contributed by atoms with E-state index in [2.05, 4.69) is 9.97 Å². The molecule has 0 fully saturated rings.